The van der Waals surface area contributed by atoms with E-state index in [1.807, 2.05) is 13.0 Å². The van der Waals surface area contributed by atoms with Crippen LogP contribution in [0.4, 0.5) is 0 Å². The third-order valence-electron chi connectivity index (χ3n) is 4.35. The largest absolute Gasteiger partial charge is 0.357 e. The maximum absolute atomic E-state index is 4.68. The lowest BCUT2D eigenvalue weighted by Crippen LogP contribution is -2.38. The minimum absolute atomic E-state index is 0.457. The van der Waals surface area contributed by atoms with Crippen LogP contribution in [0.2, 0.25) is 0 Å². The van der Waals surface area contributed by atoms with Crippen LogP contribution in [-0.2, 0) is 13.1 Å². The second kappa shape index (κ2) is 8.99. The summed E-state index contributed by atoms with van der Waals surface area (Å²) in [5.74, 6) is 2.31. The van der Waals surface area contributed by atoms with Gasteiger partial charge >= 0.3 is 0 Å². The number of thiazole rings is 1. The molecule has 0 amide bonds. The summed E-state index contributed by atoms with van der Waals surface area (Å²) in [5.41, 5.74) is 3.36. The number of para-hydroxylation sites is 2. The molecule has 7 heteroatoms. The van der Waals surface area contributed by atoms with Gasteiger partial charge in [0.25, 0.3) is 0 Å². The highest BCUT2D eigenvalue weighted by Gasteiger charge is 2.08. The molecule has 0 aliphatic heterocycles. The van der Waals surface area contributed by atoms with Gasteiger partial charge in [-0.1, -0.05) is 26.0 Å². The Labute approximate surface area is 164 Å². The maximum Gasteiger partial charge on any atom is 0.191 e. The average Bonchev–Trinajstić information content (AvgIpc) is 3.24. The average molecular weight is 385 g/mol. The van der Waals surface area contributed by atoms with Crippen LogP contribution in [0.5, 0.6) is 0 Å². The minimum atomic E-state index is 0.457. The number of hydrogen-bond acceptors (Lipinski definition) is 4. The molecular weight excluding hydrogens is 356 g/mol. The van der Waals surface area contributed by atoms with E-state index in [4.69, 9.17) is 0 Å². The number of nitrogens with zero attached hydrogens (tertiary/aromatic N) is 4. The van der Waals surface area contributed by atoms with Crippen LogP contribution in [0.15, 0.2) is 34.6 Å². The molecule has 0 aliphatic carbocycles. The van der Waals surface area contributed by atoms with Gasteiger partial charge in [0.1, 0.15) is 10.8 Å². The zero-order valence-electron chi connectivity index (χ0n) is 16.5. The molecule has 3 aromatic rings. The lowest BCUT2D eigenvalue weighted by atomic mass is 10.2. The molecule has 2 N–H and O–H groups in total. The van der Waals surface area contributed by atoms with Crippen LogP contribution in [0.3, 0.4) is 0 Å². The summed E-state index contributed by atoms with van der Waals surface area (Å²) in [6.45, 7) is 11.5. The number of imidazole rings is 1. The molecule has 0 bridgehead atoms. The van der Waals surface area contributed by atoms with Crippen molar-refractivity contribution < 1.29 is 0 Å². The molecule has 2 heterocycles. The molecule has 144 valence electrons. The number of aryl methyl sites for hydroxylation is 1. The summed E-state index contributed by atoms with van der Waals surface area (Å²) < 4.78 is 2.24. The van der Waals surface area contributed by atoms with Gasteiger partial charge in [0.2, 0.25) is 0 Å². The van der Waals surface area contributed by atoms with Crippen molar-refractivity contribution in [1.29, 1.82) is 0 Å². The van der Waals surface area contributed by atoms with Crippen molar-refractivity contribution in [3.05, 3.63) is 46.2 Å². The molecule has 0 saturated heterocycles. The van der Waals surface area contributed by atoms with Crippen molar-refractivity contribution >= 4 is 28.3 Å². The molecule has 2 aromatic heterocycles. The summed E-state index contributed by atoms with van der Waals surface area (Å²) in [6.07, 6.45) is 0. The van der Waals surface area contributed by atoms with E-state index >= 15 is 0 Å². The Morgan fingerprint density at radius 2 is 2.04 bits per heavy atom. The molecule has 0 unspecified atom stereocenters. The minimum Gasteiger partial charge on any atom is -0.357 e. The monoisotopic (exact) mass is 384 g/mol. The molecule has 0 radical (unpaired) electrons. The van der Waals surface area contributed by atoms with Crippen molar-refractivity contribution in [2.75, 3.05) is 13.1 Å². The van der Waals surface area contributed by atoms with Crippen molar-refractivity contribution in [3.8, 4) is 0 Å². The van der Waals surface area contributed by atoms with Crippen LogP contribution in [-0.4, -0.2) is 33.6 Å². The highest BCUT2D eigenvalue weighted by molar-refractivity contribution is 7.09. The maximum atomic E-state index is 4.68. The third-order valence-corrected chi connectivity index (χ3v) is 5.20. The SMILES string of the molecule is CCNC(=NCc1nc(C(C)C)cs1)NCCn1c(C)nc2ccccc21. The van der Waals surface area contributed by atoms with E-state index in [1.165, 1.54) is 5.52 Å². The fourth-order valence-corrected chi connectivity index (χ4v) is 3.79. The molecule has 1 aromatic carbocycles. The zero-order valence-corrected chi connectivity index (χ0v) is 17.3. The molecule has 3 rings (SSSR count). The van der Waals surface area contributed by atoms with E-state index in [9.17, 15) is 0 Å². The smallest absolute Gasteiger partial charge is 0.191 e. The van der Waals surface area contributed by atoms with Gasteiger partial charge < -0.3 is 15.2 Å². The van der Waals surface area contributed by atoms with E-state index in [0.29, 0.717) is 12.5 Å². The first kappa shape index (κ1) is 19.4. The zero-order chi connectivity index (χ0) is 19.2. The van der Waals surface area contributed by atoms with E-state index in [-0.39, 0.29) is 0 Å². The number of aromatic nitrogens is 3. The van der Waals surface area contributed by atoms with Crippen molar-refractivity contribution in [1.82, 2.24) is 25.2 Å². The van der Waals surface area contributed by atoms with Crippen LogP contribution in [0.25, 0.3) is 11.0 Å². The summed E-state index contributed by atoms with van der Waals surface area (Å²) in [5, 5.41) is 9.90. The molecule has 0 saturated carbocycles. The Bertz CT molecular complexity index is 908. The van der Waals surface area contributed by atoms with E-state index in [1.54, 1.807) is 11.3 Å². The molecule has 6 nitrogen and oxygen atoms in total. The first-order chi connectivity index (χ1) is 13.1. The third kappa shape index (κ3) is 4.86. The Hall–Kier alpha value is -2.41. The van der Waals surface area contributed by atoms with Crippen molar-refractivity contribution in [2.45, 2.75) is 46.7 Å². The van der Waals surface area contributed by atoms with Gasteiger partial charge in [-0.05, 0) is 31.9 Å². The molecule has 0 atom stereocenters. The lowest BCUT2D eigenvalue weighted by molar-refractivity contribution is 0.660. The topological polar surface area (TPSA) is 67.1 Å². The molecular formula is C20H28N6S. The Morgan fingerprint density at radius 1 is 1.22 bits per heavy atom. The normalized spacial score (nSPS) is 12.1. The number of fused-ring (bicyclic) bond motifs is 1. The Morgan fingerprint density at radius 3 is 2.78 bits per heavy atom. The van der Waals surface area contributed by atoms with Crippen molar-refractivity contribution in [3.63, 3.8) is 0 Å². The lowest BCUT2D eigenvalue weighted by Gasteiger charge is -2.12. The van der Waals surface area contributed by atoms with Crippen LogP contribution < -0.4 is 10.6 Å². The van der Waals surface area contributed by atoms with Crippen LogP contribution >= 0.6 is 11.3 Å². The second-order valence-electron chi connectivity index (χ2n) is 6.74. The predicted molar refractivity (Wildman–Crippen MR) is 113 cm³/mol. The molecule has 27 heavy (non-hydrogen) atoms. The number of hydrogen-bond donors (Lipinski definition) is 2. The van der Waals surface area contributed by atoms with E-state index in [2.05, 4.69) is 74.5 Å². The quantitative estimate of drug-likeness (QED) is 0.482. The first-order valence-corrected chi connectivity index (χ1v) is 10.3. The fraction of sp³-hybridized carbons (Fsp3) is 0.450. The highest BCUT2D eigenvalue weighted by Crippen LogP contribution is 2.18. The Balaban J connectivity index is 1.61. The van der Waals surface area contributed by atoms with E-state index in [0.717, 1.165) is 47.6 Å². The number of guanidine groups is 1. The number of rotatable bonds is 7. The van der Waals surface area contributed by atoms with Gasteiger partial charge in [-0.25, -0.2) is 15.0 Å². The molecule has 0 aliphatic rings. The Kier molecular flexibility index (Phi) is 6.45. The van der Waals surface area contributed by atoms with Gasteiger partial charge in [0, 0.05) is 25.0 Å². The summed E-state index contributed by atoms with van der Waals surface area (Å²) in [7, 11) is 0. The summed E-state index contributed by atoms with van der Waals surface area (Å²) >= 11 is 1.68. The summed E-state index contributed by atoms with van der Waals surface area (Å²) in [6, 6.07) is 8.25. The van der Waals surface area contributed by atoms with Gasteiger partial charge in [0.15, 0.2) is 5.96 Å². The summed E-state index contributed by atoms with van der Waals surface area (Å²) in [4.78, 5) is 14.0. The predicted octanol–water partition coefficient (Wildman–Crippen LogP) is 3.68. The van der Waals surface area contributed by atoms with Crippen molar-refractivity contribution in [2.24, 2.45) is 4.99 Å². The van der Waals surface area contributed by atoms with Gasteiger partial charge in [0.05, 0.1) is 23.3 Å². The van der Waals surface area contributed by atoms with Crippen LogP contribution in [0, 0.1) is 6.92 Å². The standard InChI is InChI=1S/C20H28N6S/c1-5-21-20(23-12-19-25-17(13-27-19)14(2)3)22-10-11-26-15(4)24-16-8-6-7-9-18(16)26/h6-9,13-14H,5,10-12H2,1-4H3,(H2,21,22,23). The van der Waals surface area contributed by atoms with E-state index < -0.39 is 0 Å². The highest BCUT2D eigenvalue weighted by atomic mass is 32.1. The van der Waals surface area contributed by atoms with Crippen LogP contribution in [0.1, 0.15) is 43.2 Å². The van der Waals surface area contributed by atoms with Gasteiger partial charge in [-0.3, -0.25) is 0 Å². The number of nitrogens with one attached hydrogen (secondary N) is 2. The number of aliphatic imine (C=N–C) groups is 1. The molecule has 0 fully saturated rings. The fourth-order valence-electron chi connectivity index (χ4n) is 2.92. The second-order valence-corrected chi connectivity index (χ2v) is 7.68. The van der Waals surface area contributed by atoms with Gasteiger partial charge in [-0.15, -0.1) is 11.3 Å². The first-order valence-electron chi connectivity index (χ1n) is 9.46. The number of benzene rings is 1. The molecule has 0 spiro atoms. The van der Waals surface area contributed by atoms with Gasteiger partial charge in [-0.2, -0.15) is 0 Å².